The van der Waals surface area contributed by atoms with E-state index >= 15 is 0 Å². The third-order valence-corrected chi connectivity index (χ3v) is 2.61. The van der Waals surface area contributed by atoms with Crippen LogP contribution in [0.4, 0.5) is 13.2 Å². The van der Waals surface area contributed by atoms with Crippen molar-refractivity contribution in [2.45, 2.75) is 32.0 Å². The first-order valence-electron chi connectivity index (χ1n) is 4.30. The fraction of sp³-hybridized carbons (Fsp3) is 0.875. The predicted molar refractivity (Wildman–Crippen MR) is 40.5 cm³/mol. The number of carbonyl (C=O) groups is 1. The zero-order chi connectivity index (χ0) is 10.8. The summed E-state index contributed by atoms with van der Waals surface area (Å²) in [6, 6.07) is 0. The fourth-order valence-corrected chi connectivity index (χ4v) is 1.54. The van der Waals surface area contributed by atoms with E-state index < -0.39 is 24.4 Å². The molecule has 0 heterocycles. The molecule has 1 N–H and O–H groups in total. The van der Waals surface area contributed by atoms with Gasteiger partial charge in [0.2, 0.25) is 0 Å². The van der Waals surface area contributed by atoms with E-state index in [9.17, 15) is 18.0 Å². The zero-order valence-corrected chi connectivity index (χ0v) is 7.43. The highest BCUT2D eigenvalue weighted by Crippen LogP contribution is 2.44. The number of rotatable bonds is 4. The highest BCUT2D eigenvalue weighted by Gasteiger charge is 2.44. The monoisotopic (exact) mass is 212 g/mol. The lowest BCUT2D eigenvalue weighted by atomic mass is 9.67. The Labute approximate surface area is 78.9 Å². The van der Waals surface area contributed by atoms with E-state index in [-0.39, 0.29) is 6.42 Å². The van der Waals surface area contributed by atoms with Gasteiger partial charge in [0.25, 0.3) is 0 Å². The first-order valence-corrected chi connectivity index (χ1v) is 4.30. The Bertz CT molecular complexity index is 220. The molecule has 0 bridgehead atoms. The minimum absolute atomic E-state index is 0.0676. The van der Waals surface area contributed by atoms with Gasteiger partial charge >= 0.3 is 12.3 Å². The van der Waals surface area contributed by atoms with Crippen molar-refractivity contribution in [2.75, 3.05) is 6.61 Å². The molecule has 1 saturated carbocycles. The summed E-state index contributed by atoms with van der Waals surface area (Å²) in [5.74, 6) is -1.02. The van der Waals surface area contributed by atoms with Gasteiger partial charge in [0, 0.05) is 0 Å². The summed E-state index contributed by atoms with van der Waals surface area (Å²) in [7, 11) is 0. The second kappa shape index (κ2) is 3.76. The van der Waals surface area contributed by atoms with Gasteiger partial charge in [-0.1, -0.05) is 6.42 Å². The van der Waals surface area contributed by atoms with Crippen molar-refractivity contribution in [1.29, 1.82) is 0 Å². The van der Waals surface area contributed by atoms with E-state index in [0.717, 1.165) is 6.42 Å². The SMILES string of the molecule is O=C(O)C1(CCOC(F)(F)F)CCC1. The maximum Gasteiger partial charge on any atom is 0.522 e. The Morgan fingerprint density at radius 1 is 1.43 bits per heavy atom. The molecule has 0 aromatic rings. The van der Waals surface area contributed by atoms with E-state index in [2.05, 4.69) is 4.74 Å². The Hall–Kier alpha value is -0.780. The maximum absolute atomic E-state index is 11.6. The zero-order valence-electron chi connectivity index (χ0n) is 7.43. The van der Waals surface area contributed by atoms with Gasteiger partial charge in [-0.25, -0.2) is 0 Å². The van der Waals surface area contributed by atoms with Crippen LogP contribution in [0.5, 0.6) is 0 Å². The van der Waals surface area contributed by atoms with Crippen LogP contribution in [0, 0.1) is 5.41 Å². The van der Waals surface area contributed by atoms with Gasteiger partial charge in [-0.3, -0.25) is 9.53 Å². The minimum Gasteiger partial charge on any atom is -0.481 e. The fourth-order valence-electron chi connectivity index (χ4n) is 1.54. The summed E-state index contributed by atoms with van der Waals surface area (Å²) in [4.78, 5) is 10.7. The Morgan fingerprint density at radius 2 is 2.00 bits per heavy atom. The standard InChI is InChI=1S/C8H11F3O3/c9-8(10,11)14-5-4-7(6(12)13)2-1-3-7/h1-5H2,(H,12,13). The molecule has 14 heavy (non-hydrogen) atoms. The van der Waals surface area contributed by atoms with Crippen molar-refractivity contribution < 1.29 is 27.8 Å². The highest BCUT2D eigenvalue weighted by molar-refractivity contribution is 5.75. The summed E-state index contributed by atoms with van der Waals surface area (Å²) < 4.78 is 38.3. The summed E-state index contributed by atoms with van der Waals surface area (Å²) in [6.45, 7) is -0.574. The Morgan fingerprint density at radius 3 is 2.29 bits per heavy atom. The molecule has 0 aromatic carbocycles. The molecule has 0 aromatic heterocycles. The average molecular weight is 212 g/mol. The molecule has 0 saturated heterocycles. The third-order valence-electron chi connectivity index (χ3n) is 2.61. The number of ether oxygens (including phenoxy) is 1. The molecule has 0 atom stereocenters. The Kier molecular flexibility index (Phi) is 3.04. The number of carboxylic acids is 1. The molecule has 0 spiro atoms. The van der Waals surface area contributed by atoms with Crippen molar-refractivity contribution in [3.8, 4) is 0 Å². The number of hydrogen-bond acceptors (Lipinski definition) is 2. The van der Waals surface area contributed by atoms with Crippen LogP contribution in [0.15, 0.2) is 0 Å². The van der Waals surface area contributed by atoms with Crippen LogP contribution in [0.3, 0.4) is 0 Å². The van der Waals surface area contributed by atoms with E-state index in [1.807, 2.05) is 0 Å². The summed E-state index contributed by atoms with van der Waals surface area (Å²) >= 11 is 0. The van der Waals surface area contributed by atoms with E-state index in [0.29, 0.717) is 12.8 Å². The summed E-state index contributed by atoms with van der Waals surface area (Å²) in [5, 5.41) is 8.78. The van der Waals surface area contributed by atoms with Crippen LogP contribution in [0.25, 0.3) is 0 Å². The largest absolute Gasteiger partial charge is 0.522 e. The number of carboxylic acid groups (broad SMARTS) is 1. The van der Waals surface area contributed by atoms with Crippen molar-refractivity contribution in [2.24, 2.45) is 5.41 Å². The van der Waals surface area contributed by atoms with Gasteiger partial charge in [-0.15, -0.1) is 13.2 Å². The smallest absolute Gasteiger partial charge is 0.481 e. The number of aliphatic carboxylic acids is 1. The summed E-state index contributed by atoms with van der Waals surface area (Å²) in [6.07, 6.45) is -3.07. The molecule has 6 heteroatoms. The number of hydrogen-bond donors (Lipinski definition) is 1. The van der Waals surface area contributed by atoms with E-state index in [1.165, 1.54) is 0 Å². The van der Waals surface area contributed by atoms with Crippen LogP contribution in [0.2, 0.25) is 0 Å². The van der Waals surface area contributed by atoms with Crippen LogP contribution in [-0.2, 0) is 9.53 Å². The highest BCUT2D eigenvalue weighted by atomic mass is 19.4. The van der Waals surface area contributed by atoms with Crippen LogP contribution < -0.4 is 0 Å². The first kappa shape index (κ1) is 11.3. The molecule has 1 fully saturated rings. The molecule has 82 valence electrons. The van der Waals surface area contributed by atoms with Gasteiger partial charge < -0.3 is 5.11 Å². The van der Waals surface area contributed by atoms with Gasteiger partial charge in [-0.05, 0) is 19.3 Å². The molecular weight excluding hydrogens is 201 g/mol. The lowest BCUT2D eigenvalue weighted by Gasteiger charge is -2.37. The van der Waals surface area contributed by atoms with Gasteiger partial charge in [-0.2, -0.15) is 0 Å². The average Bonchev–Trinajstić information content (AvgIpc) is 1.91. The van der Waals surface area contributed by atoms with E-state index in [4.69, 9.17) is 5.11 Å². The van der Waals surface area contributed by atoms with Crippen LogP contribution >= 0.6 is 0 Å². The van der Waals surface area contributed by atoms with Crippen molar-refractivity contribution in [3.05, 3.63) is 0 Å². The second-order valence-electron chi connectivity index (χ2n) is 3.48. The van der Waals surface area contributed by atoms with Crippen molar-refractivity contribution >= 4 is 5.97 Å². The normalized spacial score (nSPS) is 20.2. The predicted octanol–water partition coefficient (Wildman–Crippen LogP) is 2.17. The van der Waals surface area contributed by atoms with Gasteiger partial charge in [0.1, 0.15) is 0 Å². The summed E-state index contributed by atoms with van der Waals surface area (Å²) in [5.41, 5.74) is -0.967. The molecule has 1 aliphatic carbocycles. The third kappa shape index (κ3) is 2.60. The quantitative estimate of drug-likeness (QED) is 0.776. The minimum atomic E-state index is -4.66. The molecular formula is C8H11F3O3. The van der Waals surface area contributed by atoms with Gasteiger partial charge in [0.15, 0.2) is 0 Å². The van der Waals surface area contributed by atoms with Crippen molar-refractivity contribution in [3.63, 3.8) is 0 Å². The molecule has 1 aliphatic rings. The molecule has 0 aliphatic heterocycles. The van der Waals surface area contributed by atoms with Crippen LogP contribution in [-0.4, -0.2) is 24.0 Å². The lowest BCUT2D eigenvalue weighted by Crippen LogP contribution is -2.39. The van der Waals surface area contributed by atoms with Gasteiger partial charge in [0.05, 0.1) is 12.0 Å². The van der Waals surface area contributed by atoms with Crippen molar-refractivity contribution in [1.82, 2.24) is 0 Å². The molecule has 3 nitrogen and oxygen atoms in total. The lowest BCUT2D eigenvalue weighted by molar-refractivity contribution is -0.326. The molecule has 0 amide bonds. The first-order chi connectivity index (χ1) is 6.36. The number of alkyl halides is 3. The number of halogens is 3. The second-order valence-corrected chi connectivity index (χ2v) is 3.48. The molecule has 0 radical (unpaired) electrons. The topological polar surface area (TPSA) is 46.5 Å². The molecule has 1 rings (SSSR count). The van der Waals surface area contributed by atoms with E-state index in [1.54, 1.807) is 0 Å². The molecule has 0 unspecified atom stereocenters. The Balaban J connectivity index is 2.33. The van der Waals surface area contributed by atoms with Crippen LogP contribution in [0.1, 0.15) is 25.7 Å². The maximum atomic E-state index is 11.6.